The van der Waals surface area contributed by atoms with Crippen LogP contribution >= 0.6 is 11.8 Å². The average Bonchev–Trinajstić information content (AvgIpc) is 3.30. The summed E-state index contributed by atoms with van der Waals surface area (Å²) in [7, 11) is 0. The predicted molar refractivity (Wildman–Crippen MR) is 115 cm³/mol. The van der Waals surface area contributed by atoms with E-state index in [1.165, 1.54) is 29.1 Å². The van der Waals surface area contributed by atoms with Crippen LogP contribution in [0.4, 0.5) is 5.69 Å². The summed E-state index contributed by atoms with van der Waals surface area (Å²) in [6, 6.07) is 17.6. The fourth-order valence-corrected chi connectivity index (χ4v) is 4.21. The van der Waals surface area contributed by atoms with Gasteiger partial charge in [0.05, 0.1) is 23.1 Å². The monoisotopic (exact) mass is 415 g/mol. The minimum Gasteiger partial charge on any atom is -0.324 e. The van der Waals surface area contributed by atoms with E-state index in [0.717, 1.165) is 5.56 Å². The lowest BCUT2D eigenvalue weighted by atomic mass is 10.2. The number of rotatable bonds is 4. The Kier molecular flexibility index (Phi) is 5.72. The first kappa shape index (κ1) is 19.6. The summed E-state index contributed by atoms with van der Waals surface area (Å²) in [4.78, 5) is 35.8. The Labute approximate surface area is 177 Å². The smallest absolute Gasteiger partial charge is 0.258 e. The molecule has 2 aromatic carbocycles. The highest BCUT2D eigenvalue weighted by Gasteiger charge is 2.35. The third-order valence-corrected chi connectivity index (χ3v) is 5.67. The molecule has 2 heterocycles. The van der Waals surface area contributed by atoms with E-state index in [9.17, 15) is 9.59 Å². The quantitative estimate of drug-likeness (QED) is 0.703. The van der Waals surface area contributed by atoms with Gasteiger partial charge in [0, 0.05) is 29.4 Å². The minimum absolute atomic E-state index is 0.264. The van der Waals surface area contributed by atoms with Crippen LogP contribution in [0.15, 0.2) is 67.0 Å². The SMILES string of the molecule is N#Cc1ccc(NC(=O)C2CSCN2C(=O)c2cnc(-c3ccccc3)nc2)cc1. The molecular formula is C22H17N5O2S. The summed E-state index contributed by atoms with van der Waals surface area (Å²) >= 11 is 1.52. The zero-order valence-electron chi connectivity index (χ0n) is 15.9. The van der Waals surface area contributed by atoms with Gasteiger partial charge in [-0.15, -0.1) is 11.8 Å². The van der Waals surface area contributed by atoms with Gasteiger partial charge in [0.2, 0.25) is 5.91 Å². The molecule has 148 valence electrons. The Morgan fingerprint density at radius 1 is 1.07 bits per heavy atom. The molecule has 0 spiro atoms. The van der Waals surface area contributed by atoms with Crippen LogP contribution in [0, 0.1) is 11.3 Å². The number of amides is 2. The molecule has 7 nitrogen and oxygen atoms in total. The van der Waals surface area contributed by atoms with Gasteiger partial charge < -0.3 is 10.2 Å². The van der Waals surface area contributed by atoms with Gasteiger partial charge in [-0.3, -0.25) is 9.59 Å². The van der Waals surface area contributed by atoms with Crippen molar-refractivity contribution in [2.75, 3.05) is 16.9 Å². The molecule has 2 amide bonds. The maximum absolute atomic E-state index is 13.0. The molecule has 1 saturated heterocycles. The highest BCUT2D eigenvalue weighted by atomic mass is 32.2. The first-order valence-corrected chi connectivity index (χ1v) is 10.4. The molecule has 0 aliphatic carbocycles. The van der Waals surface area contributed by atoms with Gasteiger partial charge in [-0.25, -0.2) is 9.97 Å². The van der Waals surface area contributed by atoms with Crippen molar-refractivity contribution < 1.29 is 9.59 Å². The molecule has 0 bridgehead atoms. The van der Waals surface area contributed by atoms with E-state index in [1.54, 1.807) is 24.3 Å². The Morgan fingerprint density at radius 3 is 2.43 bits per heavy atom. The summed E-state index contributed by atoms with van der Waals surface area (Å²) < 4.78 is 0. The Morgan fingerprint density at radius 2 is 1.77 bits per heavy atom. The van der Waals surface area contributed by atoms with Gasteiger partial charge in [-0.2, -0.15) is 5.26 Å². The molecule has 1 N–H and O–H groups in total. The molecule has 1 fully saturated rings. The first-order valence-electron chi connectivity index (χ1n) is 9.23. The minimum atomic E-state index is -0.591. The van der Waals surface area contributed by atoms with Crippen molar-refractivity contribution in [3.05, 3.63) is 78.1 Å². The van der Waals surface area contributed by atoms with Crippen LogP contribution < -0.4 is 5.32 Å². The van der Waals surface area contributed by atoms with Crippen molar-refractivity contribution in [2.24, 2.45) is 0 Å². The van der Waals surface area contributed by atoms with Gasteiger partial charge in [0.25, 0.3) is 5.91 Å². The number of carbonyl (C=O) groups is 2. The molecule has 1 aliphatic heterocycles. The number of hydrogen-bond donors (Lipinski definition) is 1. The zero-order valence-corrected chi connectivity index (χ0v) is 16.7. The summed E-state index contributed by atoms with van der Waals surface area (Å²) in [5, 5.41) is 11.7. The summed E-state index contributed by atoms with van der Waals surface area (Å²) in [6.45, 7) is 0. The highest BCUT2D eigenvalue weighted by Crippen LogP contribution is 2.24. The van der Waals surface area contributed by atoms with E-state index in [0.29, 0.717) is 34.3 Å². The van der Waals surface area contributed by atoms with Gasteiger partial charge >= 0.3 is 0 Å². The standard InChI is InChI=1S/C22H17N5O2S/c23-10-15-6-8-18(9-7-15)26-21(28)19-13-30-14-27(19)22(29)17-11-24-20(25-12-17)16-4-2-1-3-5-16/h1-9,11-12,19H,13-14H2,(H,26,28). The molecule has 4 rings (SSSR count). The second kappa shape index (κ2) is 8.76. The van der Waals surface area contributed by atoms with E-state index in [1.807, 2.05) is 36.4 Å². The summed E-state index contributed by atoms with van der Waals surface area (Å²) in [5.74, 6) is 0.930. The van der Waals surface area contributed by atoms with E-state index in [4.69, 9.17) is 5.26 Å². The Hall–Kier alpha value is -3.70. The third kappa shape index (κ3) is 4.16. The second-order valence-corrected chi connectivity index (χ2v) is 7.63. The third-order valence-electron chi connectivity index (χ3n) is 4.66. The lowest BCUT2D eigenvalue weighted by molar-refractivity contribution is -0.119. The van der Waals surface area contributed by atoms with Crippen molar-refractivity contribution in [3.63, 3.8) is 0 Å². The largest absolute Gasteiger partial charge is 0.324 e. The topological polar surface area (TPSA) is 99.0 Å². The van der Waals surface area contributed by atoms with E-state index in [2.05, 4.69) is 15.3 Å². The molecule has 30 heavy (non-hydrogen) atoms. The van der Waals surface area contributed by atoms with Crippen LogP contribution in [0.1, 0.15) is 15.9 Å². The van der Waals surface area contributed by atoms with Crippen LogP contribution in [0.2, 0.25) is 0 Å². The fourth-order valence-electron chi connectivity index (χ4n) is 3.05. The number of carbonyl (C=O) groups excluding carboxylic acids is 2. The van der Waals surface area contributed by atoms with E-state index < -0.39 is 6.04 Å². The number of nitrogens with one attached hydrogen (secondary N) is 1. The van der Waals surface area contributed by atoms with Crippen molar-refractivity contribution in [1.29, 1.82) is 5.26 Å². The predicted octanol–water partition coefficient (Wildman–Crippen LogP) is 3.17. The summed E-state index contributed by atoms with van der Waals surface area (Å²) in [5.41, 5.74) is 2.31. The Balaban J connectivity index is 1.46. The maximum atomic E-state index is 13.0. The van der Waals surface area contributed by atoms with Gasteiger partial charge in [-0.05, 0) is 24.3 Å². The number of benzene rings is 2. The van der Waals surface area contributed by atoms with Gasteiger partial charge in [-0.1, -0.05) is 30.3 Å². The molecule has 1 unspecified atom stereocenters. The number of nitriles is 1. The molecule has 0 radical (unpaired) electrons. The summed E-state index contributed by atoms with van der Waals surface area (Å²) in [6.07, 6.45) is 2.99. The van der Waals surface area contributed by atoms with Gasteiger partial charge in [0.1, 0.15) is 6.04 Å². The molecule has 1 aliphatic rings. The van der Waals surface area contributed by atoms with Crippen molar-refractivity contribution in [2.45, 2.75) is 6.04 Å². The number of aromatic nitrogens is 2. The fraction of sp³-hybridized carbons (Fsp3) is 0.136. The van der Waals surface area contributed by atoms with Gasteiger partial charge in [0.15, 0.2) is 5.82 Å². The molecule has 0 saturated carbocycles. The number of hydrogen-bond acceptors (Lipinski definition) is 6. The molecular weight excluding hydrogens is 398 g/mol. The van der Waals surface area contributed by atoms with Crippen LogP contribution in [-0.4, -0.2) is 44.4 Å². The van der Waals surface area contributed by atoms with E-state index >= 15 is 0 Å². The normalized spacial score (nSPS) is 15.4. The molecule has 1 aromatic heterocycles. The zero-order chi connectivity index (χ0) is 20.9. The Bertz CT molecular complexity index is 1100. The lowest BCUT2D eigenvalue weighted by Crippen LogP contribution is -2.44. The molecule has 3 aromatic rings. The van der Waals surface area contributed by atoms with Crippen molar-refractivity contribution in [3.8, 4) is 17.5 Å². The lowest BCUT2D eigenvalue weighted by Gasteiger charge is -2.23. The van der Waals surface area contributed by atoms with E-state index in [-0.39, 0.29) is 11.8 Å². The maximum Gasteiger partial charge on any atom is 0.258 e. The number of nitrogens with zero attached hydrogens (tertiary/aromatic N) is 4. The number of thioether (sulfide) groups is 1. The second-order valence-electron chi connectivity index (χ2n) is 6.63. The van der Waals surface area contributed by atoms with Crippen LogP contribution in [0.5, 0.6) is 0 Å². The number of anilines is 1. The first-order chi connectivity index (χ1) is 14.7. The van der Waals surface area contributed by atoms with Crippen molar-refractivity contribution in [1.82, 2.24) is 14.9 Å². The molecule has 1 atom stereocenters. The van der Waals surface area contributed by atoms with Crippen molar-refractivity contribution >= 4 is 29.3 Å². The van der Waals surface area contributed by atoms with Crippen LogP contribution in [0.25, 0.3) is 11.4 Å². The van der Waals surface area contributed by atoms with Crippen LogP contribution in [-0.2, 0) is 4.79 Å². The average molecular weight is 415 g/mol. The van der Waals surface area contributed by atoms with Crippen LogP contribution in [0.3, 0.4) is 0 Å². The molecule has 8 heteroatoms. The highest BCUT2D eigenvalue weighted by molar-refractivity contribution is 7.99.